The zero-order valence-electron chi connectivity index (χ0n) is 9.41. The molecule has 1 aromatic rings. The van der Waals surface area contributed by atoms with Gasteiger partial charge in [0.05, 0.1) is 6.20 Å². The number of hydrogen-bond acceptors (Lipinski definition) is 2. The van der Waals surface area contributed by atoms with Crippen molar-refractivity contribution in [2.75, 3.05) is 19.6 Å². The minimum Gasteiger partial charge on any atom is -0.323 e. The topological polar surface area (TPSA) is 21.1 Å². The van der Waals surface area contributed by atoms with Crippen LogP contribution in [0.3, 0.4) is 0 Å². The number of likely N-dealkylation sites (tertiary alicyclic amines) is 1. The second kappa shape index (κ2) is 4.66. The molecular formula is C11H18BrN3. The average molecular weight is 272 g/mol. The lowest BCUT2D eigenvalue weighted by Crippen LogP contribution is -2.20. The molecule has 1 aromatic heterocycles. The molecule has 3 nitrogen and oxygen atoms in total. The van der Waals surface area contributed by atoms with E-state index in [1.165, 1.54) is 25.3 Å². The van der Waals surface area contributed by atoms with Gasteiger partial charge in [-0.3, -0.25) is 0 Å². The minimum absolute atomic E-state index is 0.621. The van der Waals surface area contributed by atoms with Crippen LogP contribution in [0, 0.1) is 0 Å². The highest BCUT2D eigenvalue weighted by Crippen LogP contribution is 2.28. The largest absolute Gasteiger partial charge is 0.323 e. The number of hydrogen-bond donors (Lipinski definition) is 0. The summed E-state index contributed by atoms with van der Waals surface area (Å²) in [5.74, 6) is 1.87. The Morgan fingerprint density at radius 2 is 2.27 bits per heavy atom. The van der Waals surface area contributed by atoms with Crippen LogP contribution in [0.15, 0.2) is 10.8 Å². The molecule has 1 atom stereocenters. The van der Waals surface area contributed by atoms with E-state index >= 15 is 0 Å². The van der Waals surface area contributed by atoms with E-state index in [-0.39, 0.29) is 0 Å². The zero-order valence-corrected chi connectivity index (χ0v) is 11.0. The first-order chi connectivity index (χ1) is 7.26. The van der Waals surface area contributed by atoms with E-state index in [1.807, 2.05) is 6.20 Å². The molecule has 2 heterocycles. The van der Waals surface area contributed by atoms with Crippen LogP contribution in [0.1, 0.15) is 32.0 Å². The van der Waals surface area contributed by atoms with Crippen molar-refractivity contribution in [3.8, 4) is 0 Å². The summed E-state index contributed by atoms with van der Waals surface area (Å²) in [6.07, 6.45) is 3.17. The van der Waals surface area contributed by atoms with E-state index in [1.54, 1.807) is 0 Å². The second-order valence-corrected chi connectivity index (χ2v) is 4.87. The van der Waals surface area contributed by atoms with Gasteiger partial charge in [0.2, 0.25) is 0 Å². The van der Waals surface area contributed by atoms with Crippen LogP contribution in [0.4, 0.5) is 0 Å². The van der Waals surface area contributed by atoms with Crippen LogP contribution in [0.5, 0.6) is 0 Å². The van der Waals surface area contributed by atoms with Crippen LogP contribution in [-0.4, -0.2) is 34.1 Å². The Morgan fingerprint density at radius 3 is 2.87 bits per heavy atom. The third kappa shape index (κ3) is 2.11. The molecule has 1 aliphatic heterocycles. The normalized spacial score (nSPS) is 22.5. The molecule has 1 unspecified atom stereocenters. The first-order valence-electron chi connectivity index (χ1n) is 5.69. The Balaban J connectivity index is 2.16. The zero-order chi connectivity index (χ0) is 10.8. The number of rotatable bonds is 3. The summed E-state index contributed by atoms with van der Waals surface area (Å²) in [6, 6.07) is 0. The molecule has 1 aliphatic rings. The van der Waals surface area contributed by atoms with Gasteiger partial charge in [-0.15, -0.1) is 0 Å². The summed E-state index contributed by atoms with van der Waals surface area (Å²) in [5, 5.41) is 0. The maximum atomic E-state index is 4.53. The third-order valence-electron chi connectivity index (χ3n) is 3.24. The molecule has 84 valence electrons. The maximum absolute atomic E-state index is 4.53. The molecule has 0 aliphatic carbocycles. The lowest BCUT2D eigenvalue weighted by Gasteiger charge is -2.14. The molecule has 1 saturated heterocycles. The highest BCUT2D eigenvalue weighted by Gasteiger charge is 2.26. The van der Waals surface area contributed by atoms with Crippen molar-refractivity contribution in [2.45, 2.75) is 32.7 Å². The van der Waals surface area contributed by atoms with Gasteiger partial charge in [0.15, 0.2) is 0 Å². The Labute approximate surface area is 99.6 Å². The standard InChI is InChI=1S/C11H18BrN3/c1-3-14-6-5-9(8-14)11-13-7-10(12)15(11)4-2/h7,9H,3-6,8H2,1-2H3. The summed E-state index contributed by atoms with van der Waals surface area (Å²) >= 11 is 3.54. The van der Waals surface area contributed by atoms with E-state index < -0.39 is 0 Å². The van der Waals surface area contributed by atoms with Gasteiger partial charge in [0, 0.05) is 19.0 Å². The number of aromatic nitrogens is 2. The maximum Gasteiger partial charge on any atom is 0.113 e. The van der Waals surface area contributed by atoms with Crippen molar-refractivity contribution in [3.63, 3.8) is 0 Å². The number of imidazole rings is 1. The van der Waals surface area contributed by atoms with Crippen LogP contribution >= 0.6 is 15.9 Å². The van der Waals surface area contributed by atoms with Gasteiger partial charge in [-0.1, -0.05) is 6.92 Å². The van der Waals surface area contributed by atoms with E-state index in [2.05, 4.69) is 44.2 Å². The minimum atomic E-state index is 0.621. The van der Waals surface area contributed by atoms with E-state index in [4.69, 9.17) is 0 Å². The predicted octanol–water partition coefficient (Wildman–Crippen LogP) is 2.47. The first-order valence-corrected chi connectivity index (χ1v) is 6.48. The molecular weight excluding hydrogens is 254 g/mol. The van der Waals surface area contributed by atoms with E-state index in [0.717, 1.165) is 17.7 Å². The quantitative estimate of drug-likeness (QED) is 0.842. The Hall–Kier alpha value is -0.350. The van der Waals surface area contributed by atoms with Crippen molar-refractivity contribution in [1.29, 1.82) is 0 Å². The number of halogens is 1. The monoisotopic (exact) mass is 271 g/mol. The van der Waals surface area contributed by atoms with Gasteiger partial charge >= 0.3 is 0 Å². The Morgan fingerprint density at radius 1 is 1.47 bits per heavy atom. The smallest absolute Gasteiger partial charge is 0.113 e. The van der Waals surface area contributed by atoms with Crippen molar-refractivity contribution < 1.29 is 0 Å². The molecule has 1 fully saturated rings. The number of likely N-dealkylation sites (N-methyl/N-ethyl adjacent to an activating group) is 1. The fourth-order valence-corrected chi connectivity index (χ4v) is 2.87. The van der Waals surface area contributed by atoms with E-state index in [9.17, 15) is 0 Å². The molecule has 4 heteroatoms. The molecule has 0 bridgehead atoms. The summed E-state index contributed by atoms with van der Waals surface area (Å²) < 4.78 is 3.37. The highest BCUT2D eigenvalue weighted by atomic mass is 79.9. The molecule has 0 spiro atoms. The van der Waals surface area contributed by atoms with Crippen LogP contribution in [-0.2, 0) is 6.54 Å². The molecule has 2 rings (SSSR count). The van der Waals surface area contributed by atoms with Gasteiger partial charge in [-0.2, -0.15) is 0 Å². The van der Waals surface area contributed by atoms with Crippen molar-refractivity contribution >= 4 is 15.9 Å². The lowest BCUT2D eigenvalue weighted by molar-refractivity contribution is 0.351. The van der Waals surface area contributed by atoms with Gasteiger partial charge in [-0.25, -0.2) is 4.98 Å². The molecule has 0 aromatic carbocycles. The molecule has 0 radical (unpaired) electrons. The second-order valence-electron chi connectivity index (χ2n) is 4.06. The summed E-state index contributed by atoms with van der Waals surface area (Å²) in [5.41, 5.74) is 0. The molecule has 0 amide bonds. The predicted molar refractivity (Wildman–Crippen MR) is 65.1 cm³/mol. The van der Waals surface area contributed by atoms with Crippen molar-refractivity contribution in [3.05, 3.63) is 16.6 Å². The Bertz CT molecular complexity index is 335. The van der Waals surface area contributed by atoms with Gasteiger partial charge in [0.1, 0.15) is 10.4 Å². The van der Waals surface area contributed by atoms with E-state index in [0.29, 0.717) is 5.92 Å². The average Bonchev–Trinajstić information content (AvgIpc) is 2.83. The van der Waals surface area contributed by atoms with Gasteiger partial charge < -0.3 is 9.47 Å². The highest BCUT2D eigenvalue weighted by molar-refractivity contribution is 9.10. The fourth-order valence-electron chi connectivity index (χ4n) is 2.34. The van der Waals surface area contributed by atoms with Crippen LogP contribution < -0.4 is 0 Å². The van der Waals surface area contributed by atoms with Gasteiger partial charge in [-0.05, 0) is 42.4 Å². The number of nitrogens with zero attached hydrogens (tertiary/aromatic N) is 3. The molecule has 15 heavy (non-hydrogen) atoms. The molecule has 0 saturated carbocycles. The van der Waals surface area contributed by atoms with Crippen LogP contribution in [0.25, 0.3) is 0 Å². The fraction of sp³-hybridized carbons (Fsp3) is 0.727. The molecule has 0 N–H and O–H groups in total. The SMILES string of the molecule is CCN1CCC(c2ncc(Br)n2CC)C1. The van der Waals surface area contributed by atoms with Crippen LogP contribution in [0.2, 0.25) is 0 Å². The third-order valence-corrected chi connectivity index (χ3v) is 3.87. The lowest BCUT2D eigenvalue weighted by atomic mass is 10.1. The van der Waals surface area contributed by atoms with Crippen molar-refractivity contribution in [2.24, 2.45) is 0 Å². The van der Waals surface area contributed by atoms with Gasteiger partial charge in [0.25, 0.3) is 0 Å². The summed E-state index contributed by atoms with van der Waals surface area (Å²) in [6.45, 7) is 8.94. The van der Waals surface area contributed by atoms with Crippen molar-refractivity contribution in [1.82, 2.24) is 14.5 Å². The Kier molecular flexibility index (Phi) is 3.46. The first kappa shape index (κ1) is 11.1. The summed E-state index contributed by atoms with van der Waals surface area (Å²) in [7, 11) is 0. The summed E-state index contributed by atoms with van der Waals surface area (Å²) in [4.78, 5) is 7.02.